The van der Waals surface area contributed by atoms with Gasteiger partial charge in [-0.25, -0.2) is 0 Å². The molecule has 0 spiro atoms. The summed E-state index contributed by atoms with van der Waals surface area (Å²) in [6, 6.07) is 4.11. The van der Waals surface area contributed by atoms with Gasteiger partial charge in [0.2, 0.25) is 0 Å². The standard InChI is InChI=1S/C17H17NO2S/c1-3-5-7-13(4-2)18-9-6-8-14(18)17-16-15(12-21-17)19-10-11-20-16/h3-9,12H,2,10-11H2,1H3/b5-3-,13-7+. The molecule has 0 bridgehead atoms. The minimum atomic E-state index is 0.597. The molecule has 0 fully saturated rings. The summed E-state index contributed by atoms with van der Waals surface area (Å²) in [6.45, 7) is 7.11. The Balaban J connectivity index is 2.07. The van der Waals surface area contributed by atoms with Crippen LogP contribution in [0.1, 0.15) is 6.92 Å². The first-order valence-electron chi connectivity index (χ1n) is 6.85. The van der Waals surface area contributed by atoms with E-state index in [9.17, 15) is 0 Å². The van der Waals surface area contributed by atoms with Gasteiger partial charge >= 0.3 is 0 Å². The SMILES string of the molecule is C=C/C(=C\C=C/C)n1cccc1-c1scc2c1OCCO2. The first kappa shape index (κ1) is 13.8. The third kappa shape index (κ3) is 2.54. The molecule has 1 aliphatic rings. The van der Waals surface area contributed by atoms with Crippen LogP contribution in [-0.4, -0.2) is 17.8 Å². The van der Waals surface area contributed by atoms with E-state index in [4.69, 9.17) is 9.47 Å². The van der Waals surface area contributed by atoms with Gasteiger partial charge in [-0.05, 0) is 31.2 Å². The van der Waals surface area contributed by atoms with Crippen molar-refractivity contribution in [2.45, 2.75) is 6.92 Å². The minimum Gasteiger partial charge on any atom is -0.485 e. The third-order valence-corrected chi connectivity index (χ3v) is 4.19. The number of thiophene rings is 1. The predicted molar refractivity (Wildman–Crippen MR) is 88.0 cm³/mol. The van der Waals surface area contributed by atoms with E-state index < -0.39 is 0 Å². The summed E-state index contributed by atoms with van der Waals surface area (Å²) in [5.74, 6) is 1.69. The zero-order valence-electron chi connectivity index (χ0n) is 11.9. The molecule has 0 aromatic carbocycles. The molecule has 3 rings (SSSR count). The van der Waals surface area contributed by atoms with Crippen LogP contribution in [0.15, 0.2) is 54.6 Å². The molecule has 0 N–H and O–H groups in total. The Bertz CT molecular complexity index is 706. The highest BCUT2D eigenvalue weighted by Gasteiger charge is 2.21. The summed E-state index contributed by atoms with van der Waals surface area (Å²) in [4.78, 5) is 1.09. The van der Waals surface area contributed by atoms with Crippen molar-refractivity contribution in [1.29, 1.82) is 0 Å². The number of aromatic nitrogens is 1. The van der Waals surface area contributed by atoms with Crippen molar-refractivity contribution in [2.24, 2.45) is 0 Å². The van der Waals surface area contributed by atoms with Crippen LogP contribution >= 0.6 is 11.3 Å². The van der Waals surface area contributed by atoms with Crippen LogP contribution in [0.5, 0.6) is 11.5 Å². The maximum atomic E-state index is 5.78. The molecule has 0 atom stereocenters. The van der Waals surface area contributed by atoms with E-state index in [2.05, 4.69) is 17.2 Å². The van der Waals surface area contributed by atoms with E-state index in [1.165, 1.54) is 0 Å². The second-order valence-corrected chi connectivity index (χ2v) is 5.42. The molecular formula is C17H17NO2S. The van der Waals surface area contributed by atoms with Crippen LogP contribution in [0.4, 0.5) is 0 Å². The van der Waals surface area contributed by atoms with Crippen LogP contribution in [-0.2, 0) is 0 Å². The van der Waals surface area contributed by atoms with Crippen molar-refractivity contribution in [3.63, 3.8) is 0 Å². The Hall–Kier alpha value is -2.20. The van der Waals surface area contributed by atoms with Crippen LogP contribution in [0.2, 0.25) is 0 Å². The van der Waals surface area contributed by atoms with Crippen LogP contribution in [0.25, 0.3) is 16.3 Å². The smallest absolute Gasteiger partial charge is 0.181 e. The molecule has 1 aliphatic heterocycles. The van der Waals surface area contributed by atoms with Crippen molar-refractivity contribution in [2.75, 3.05) is 13.2 Å². The van der Waals surface area contributed by atoms with E-state index in [0.29, 0.717) is 13.2 Å². The highest BCUT2D eigenvalue weighted by atomic mass is 32.1. The summed E-state index contributed by atoms with van der Waals surface area (Å²) < 4.78 is 13.5. The summed E-state index contributed by atoms with van der Waals surface area (Å²) in [5.41, 5.74) is 2.11. The van der Waals surface area contributed by atoms with Gasteiger partial charge in [-0.15, -0.1) is 11.3 Å². The Morgan fingerprint density at radius 1 is 1.38 bits per heavy atom. The van der Waals surface area contributed by atoms with Crippen LogP contribution in [0, 0.1) is 0 Å². The van der Waals surface area contributed by atoms with Crippen molar-refractivity contribution >= 4 is 17.0 Å². The van der Waals surface area contributed by atoms with Gasteiger partial charge in [-0.2, -0.15) is 0 Å². The molecule has 2 aromatic rings. The molecule has 3 nitrogen and oxygen atoms in total. The molecule has 0 saturated carbocycles. The van der Waals surface area contributed by atoms with Gasteiger partial charge in [0.1, 0.15) is 13.2 Å². The van der Waals surface area contributed by atoms with Crippen molar-refractivity contribution in [3.05, 3.63) is 54.6 Å². The molecule has 0 aliphatic carbocycles. The molecule has 0 saturated heterocycles. The highest BCUT2D eigenvalue weighted by molar-refractivity contribution is 7.14. The molecule has 2 aromatic heterocycles. The number of hydrogen-bond acceptors (Lipinski definition) is 3. The monoisotopic (exact) mass is 299 g/mol. The van der Waals surface area contributed by atoms with Gasteiger partial charge in [-0.3, -0.25) is 0 Å². The molecular weight excluding hydrogens is 282 g/mol. The largest absolute Gasteiger partial charge is 0.485 e. The number of hydrogen-bond donors (Lipinski definition) is 0. The summed E-state index contributed by atoms with van der Waals surface area (Å²) in [7, 11) is 0. The molecule has 4 heteroatoms. The third-order valence-electron chi connectivity index (χ3n) is 3.23. The average Bonchev–Trinajstić information content (AvgIpc) is 3.14. The Morgan fingerprint density at radius 2 is 2.24 bits per heavy atom. The topological polar surface area (TPSA) is 23.4 Å². The number of ether oxygens (including phenoxy) is 2. The van der Waals surface area contributed by atoms with Gasteiger partial charge in [0, 0.05) is 17.3 Å². The van der Waals surface area contributed by atoms with Gasteiger partial charge in [0.15, 0.2) is 11.5 Å². The molecule has 108 valence electrons. The van der Waals surface area contributed by atoms with Crippen molar-refractivity contribution in [1.82, 2.24) is 4.57 Å². The fourth-order valence-corrected chi connectivity index (χ4v) is 3.23. The molecule has 0 amide bonds. The summed E-state index contributed by atoms with van der Waals surface area (Å²) in [5, 5.41) is 2.00. The van der Waals surface area contributed by atoms with E-state index >= 15 is 0 Å². The fourth-order valence-electron chi connectivity index (χ4n) is 2.27. The van der Waals surface area contributed by atoms with Crippen LogP contribution in [0.3, 0.4) is 0 Å². The number of allylic oxidation sites excluding steroid dienone is 5. The second kappa shape index (κ2) is 6.06. The minimum absolute atomic E-state index is 0.597. The number of nitrogens with zero attached hydrogens (tertiary/aromatic N) is 1. The quantitative estimate of drug-likeness (QED) is 0.771. The summed E-state index contributed by atoms with van der Waals surface area (Å²) in [6.07, 6.45) is 9.91. The predicted octanol–water partition coefficient (Wildman–Crippen LogP) is 4.59. The zero-order chi connectivity index (χ0) is 14.7. The van der Waals surface area contributed by atoms with Crippen molar-refractivity contribution < 1.29 is 9.47 Å². The lowest BCUT2D eigenvalue weighted by Gasteiger charge is -2.17. The van der Waals surface area contributed by atoms with E-state index in [0.717, 1.165) is 27.8 Å². The van der Waals surface area contributed by atoms with Gasteiger partial charge in [0.25, 0.3) is 0 Å². The number of fused-ring (bicyclic) bond motifs is 1. The molecule has 3 heterocycles. The Labute approximate surface area is 128 Å². The zero-order valence-corrected chi connectivity index (χ0v) is 12.7. The van der Waals surface area contributed by atoms with Gasteiger partial charge < -0.3 is 14.0 Å². The fraction of sp³-hybridized carbons (Fsp3) is 0.176. The lowest BCUT2D eigenvalue weighted by Crippen LogP contribution is -2.14. The van der Waals surface area contributed by atoms with Crippen LogP contribution < -0.4 is 9.47 Å². The Morgan fingerprint density at radius 3 is 3.05 bits per heavy atom. The molecule has 0 unspecified atom stereocenters. The number of rotatable bonds is 4. The first-order chi connectivity index (χ1) is 10.3. The Kier molecular flexibility index (Phi) is 3.97. The molecule has 0 radical (unpaired) electrons. The van der Waals surface area contributed by atoms with E-state index in [1.807, 2.05) is 48.9 Å². The van der Waals surface area contributed by atoms with Gasteiger partial charge in [-0.1, -0.05) is 18.7 Å². The maximum Gasteiger partial charge on any atom is 0.181 e. The van der Waals surface area contributed by atoms with Gasteiger partial charge in [0.05, 0.1) is 10.6 Å². The van der Waals surface area contributed by atoms with E-state index in [-0.39, 0.29) is 0 Å². The second-order valence-electron chi connectivity index (χ2n) is 4.54. The lowest BCUT2D eigenvalue weighted by atomic mass is 10.3. The highest BCUT2D eigenvalue weighted by Crippen LogP contribution is 2.46. The lowest BCUT2D eigenvalue weighted by molar-refractivity contribution is 0.174. The maximum absolute atomic E-state index is 5.78. The normalized spacial score (nSPS) is 14.6. The van der Waals surface area contributed by atoms with Crippen molar-refractivity contribution in [3.8, 4) is 22.1 Å². The molecule has 21 heavy (non-hydrogen) atoms. The first-order valence-corrected chi connectivity index (χ1v) is 7.73. The summed E-state index contributed by atoms with van der Waals surface area (Å²) >= 11 is 1.64. The average molecular weight is 299 g/mol. The van der Waals surface area contributed by atoms with E-state index in [1.54, 1.807) is 11.3 Å².